The lowest BCUT2D eigenvalue weighted by Gasteiger charge is -2.29. The summed E-state index contributed by atoms with van der Waals surface area (Å²) >= 11 is 0. The van der Waals surface area contributed by atoms with E-state index in [1.807, 2.05) is 40.0 Å². The number of rotatable bonds is 3. The number of nitrogens with two attached hydrogens (primary N) is 1. The summed E-state index contributed by atoms with van der Waals surface area (Å²) < 4.78 is 1.91. The lowest BCUT2D eigenvalue weighted by Crippen LogP contribution is -2.34. The summed E-state index contributed by atoms with van der Waals surface area (Å²) in [7, 11) is 0. The normalized spacial score (nSPS) is 14.6. The summed E-state index contributed by atoms with van der Waals surface area (Å²) in [4.78, 5) is 14.1. The van der Waals surface area contributed by atoms with E-state index in [1.54, 1.807) is 0 Å². The molecule has 5 nitrogen and oxygen atoms in total. The highest BCUT2D eigenvalue weighted by Crippen LogP contribution is 2.30. The van der Waals surface area contributed by atoms with Crippen LogP contribution in [0.2, 0.25) is 0 Å². The van der Waals surface area contributed by atoms with Crippen molar-refractivity contribution in [1.29, 1.82) is 0 Å². The molecule has 2 heterocycles. The van der Waals surface area contributed by atoms with Crippen LogP contribution in [0.5, 0.6) is 0 Å². The Labute approximate surface area is 124 Å². The molecule has 0 bridgehead atoms. The van der Waals surface area contributed by atoms with Crippen molar-refractivity contribution in [2.75, 3.05) is 10.6 Å². The Bertz CT molecular complexity index is 675. The predicted octanol–water partition coefficient (Wildman–Crippen LogP) is 2.53. The first kappa shape index (κ1) is 13.7. The number of hydrogen-bond acceptors (Lipinski definition) is 3. The molecule has 1 aromatic heterocycles. The van der Waals surface area contributed by atoms with Crippen LogP contribution < -0.4 is 10.6 Å². The van der Waals surface area contributed by atoms with Gasteiger partial charge < -0.3 is 10.6 Å². The third-order valence-corrected chi connectivity index (χ3v) is 3.82. The summed E-state index contributed by atoms with van der Waals surface area (Å²) in [6, 6.07) is 8.03. The van der Waals surface area contributed by atoms with Gasteiger partial charge in [-0.3, -0.25) is 9.48 Å². The van der Waals surface area contributed by atoms with Gasteiger partial charge >= 0.3 is 0 Å². The molecule has 110 valence electrons. The molecule has 0 fully saturated rings. The van der Waals surface area contributed by atoms with E-state index in [9.17, 15) is 4.79 Å². The van der Waals surface area contributed by atoms with E-state index in [0.29, 0.717) is 19.0 Å². The van der Waals surface area contributed by atoms with Gasteiger partial charge in [0.25, 0.3) is 0 Å². The molecule has 3 rings (SSSR count). The monoisotopic (exact) mass is 284 g/mol. The highest BCUT2D eigenvalue weighted by Gasteiger charge is 2.24. The smallest absolute Gasteiger partial charge is 0.227 e. The predicted molar refractivity (Wildman–Crippen MR) is 83.0 cm³/mol. The van der Waals surface area contributed by atoms with Crippen LogP contribution in [-0.2, 0) is 17.8 Å². The highest BCUT2D eigenvalue weighted by atomic mass is 16.2. The number of fused-ring (bicyclic) bond motifs is 1. The topological polar surface area (TPSA) is 64.2 Å². The second-order valence-electron chi connectivity index (χ2n) is 5.75. The van der Waals surface area contributed by atoms with Gasteiger partial charge in [-0.15, -0.1) is 0 Å². The van der Waals surface area contributed by atoms with Crippen LogP contribution in [0.15, 0.2) is 30.5 Å². The molecule has 2 aromatic rings. The van der Waals surface area contributed by atoms with E-state index in [0.717, 1.165) is 29.1 Å². The van der Waals surface area contributed by atoms with Crippen LogP contribution in [-0.4, -0.2) is 15.7 Å². The zero-order chi connectivity index (χ0) is 15.0. The first-order valence-electron chi connectivity index (χ1n) is 7.27. The Kier molecular flexibility index (Phi) is 3.41. The summed E-state index contributed by atoms with van der Waals surface area (Å²) in [6.07, 6.45) is 3.25. The molecule has 1 aliphatic rings. The molecule has 0 atom stereocenters. The van der Waals surface area contributed by atoms with Crippen LogP contribution in [0.1, 0.15) is 37.6 Å². The zero-order valence-electron chi connectivity index (χ0n) is 12.4. The highest BCUT2D eigenvalue weighted by molar-refractivity contribution is 5.96. The number of carbonyl (C=O) groups excluding carboxylic acids is 1. The van der Waals surface area contributed by atoms with Gasteiger partial charge in [-0.05, 0) is 50.1 Å². The first-order valence-corrected chi connectivity index (χ1v) is 7.27. The van der Waals surface area contributed by atoms with E-state index in [-0.39, 0.29) is 5.91 Å². The van der Waals surface area contributed by atoms with Crippen molar-refractivity contribution < 1.29 is 4.79 Å². The minimum Gasteiger partial charge on any atom is -0.399 e. The van der Waals surface area contributed by atoms with E-state index in [1.165, 1.54) is 0 Å². The van der Waals surface area contributed by atoms with Crippen molar-refractivity contribution in [3.05, 3.63) is 41.7 Å². The summed E-state index contributed by atoms with van der Waals surface area (Å²) in [6.45, 7) is 4.68. The number of aromatic nitrogens is 2. The van der Waals surface area contributed by atoms with Crippen molar-refractivity contribution in [3.63, 3.8) is 0 Å². The molecule has 0 unspecified atom stereocenters. The Morgan fingerprint density at radius 2 is 2.10 bits per heavy atom. The number of nitrogen functional groups attached to an aromatic ring is 1. The van der Waals surface area contributed by atoms with Gasteiger partial charge in [0.2, 0.25) is 5.91 Å². The summed E-state index contributed by atoms with van der Waals surface area (Å²) in [5.74, 6) is 0.145. The summed E-state index contributed by atoms with van der Waals surface area (Å²) in [5.41, 5.74) is 9.57. The average molecular weight is 284 g/mol. The summed E-state index contributed by atoms with van der Waals surface area (Å²) in [5, 5.41) is 4.53. The van der Waals surface area contributed by atoms with Crippen molar-refractivity contribution in [2.24, 2.45) is 0 Å². The SMILES string of the molecule is CC(C)n1ccc(CN2C(=O)CCc3cc(N)ccc32)n1. The molecule has 5 heteroatoms. The van der Waals surface area contributed by atoms with E-state index in [2.05, 4.69) is 18.9 Å². The number of carbonyl (C=O) groups is 1. The average Bonchev–Trinajstić information content (AvgIpc) is 2.91. The van der Waals surface area contributed by atoms with E-state index in [4.69, 9.17) is 5.73 Å². The molecule has 21 heavy (non-hydrogen) atoms. The van der Waals surface area contributed by atoms with Gasteiger partial charge in [-0.25, -0.2) is 0 Å². The molecule has 2 N–H and O–H groups in total. The minimum atomic E-state index is 0.145. The maximum atomic E-state index is 12.2. The Morgan fingerprint density at radius 3 is 2.81 bits per heavy atom. The molecule has 0 radical (unpaired) electrons. The standard InChI is InChI=1S/C16H20N4O/c1-11(2)20-8-7-14(18-20)10-19-15-5-4-13(17)9-12(15)3-6-16(19)21/h4-5,7-9,11H,3,6,10,17H2,1-2H3. The Balaban J connectivity index is 1.89. The van der Waals surface area contributed by atoms with Gasteiger partial charge in [-0.1, -0.05) is 0 Å². The van der Waals surface area contributed by atoms with Crippen LogP contribution >= 0.6 is 0 Å². The molecule has 0 spiro atoms. The van der Waals surface area contributed by atoms with Crippen molar-refractivity contribution >= 4 is 17.3 Å². The van der Waals surface area contributed by atoms with Crippen molar-refractivity contribution in [2.45, 2.75) is 39.3 Å². The third kappa shape index (κ3) is 2.63. The minimum absolute atomic E-state index is 0.145. The van der Waals surface area contributed by atoms with E-state index < -0.39 is 0 Å². The maximum absolute atomic E-state index is 12.2. The van der Waals surface area contributed by atoms with Gasteiger partial charge in [0.1, 0.15) is 0 Å². The van der Waals surface area contributed by atoms with E-state index >= 15 is 0 Å². The van der Waals surface area contributed by atoms with Gasteiger partial charge in [-0.2, -0.15) is 5.10 Å². The molecule has 1 aliphatic heterocycles. The fourth-order valence-corrected chi connectivity index (χ4v) is 2.66. The maximum Gasteiger partial charge on any atom is 0.227 e. The number of aryl methyl sites for hydroxylation is 1. The number of amides is 1. The molecule has 0 aliphatic carbocycles. The van der Waals surface area contributed by atoms with Gasteiger partial charge in [0, 0.05) is 30.0 Å². The Hall–Kier alpha value is -2.30. The fraction of sp³-hybridized carbons (Fsp3) is 0.375. The van der Waals surface area contributed by atoms with Crippen LogP contribution in [0.3, 0.4) is 0 Å². The fourth-order valence-electron chi connectivity index (χ4n) is 2.66. The largest absolute Gasteiger partial charge is 0.399 e. The number of anilines is 2. The molecule has 1 aromatic carbocycles. The van der Waals surface area contributed by atoms with Gasteiger partial charge in [0.05, 0.1) is 12.2 Å². The molecular formula is C16H20N4O. The Morgan fingerprint density at radius 1 is 1.29 bits per heavy atom. The number of nitrogens with zero attached hydrogens (tertiary/aromatic N) is 3. The zero-order valence-corrected chi connectivity index (χ0v) is 12.4. The molecule has 1 amide bonds. The molecule has 0 saturated heterocycles. The first-order chi connectivity index (χ1) is 10.0. The van der Waals surface area contributed by atoms with Crippen LogP contribution in [0.25, 0.3) is 0 Å². The number of benzene rings is 1. The molecular weight excluding hydrogens is 264 g/mol. The quantitative estimate of drug-likeness (QED) is 0.881. The lowest BCUT2D eigenvalue weighted by atomic mass is 10.0. The second kappa shape index (κ2) is 5.24. The lowest BCUT2D eigenvalue weighted by molar-refractivity contribution is -0.119. The van der Waals surface area contributed by atoms with Gasteiger partial charge in [0.15, 0.2) is 0 Å². The molecule has 0 saturated carbocycles. The van der Waals surface area contributed by atoms with Crippen molar-refractivity contribution in [3.8, 4) is 0 Å². The van der Waals surface area contributed by atoms with Crippen LogP contribution in [0.4, 0.5) is 11.4 Å². The third-order valence-electron chi connectivity index (χ3n) is 3.82. The number of hydrogen-bond donors (Lipinski definition) is 1. The van der Waals surface area contributed by atoms with Crippen LogP contribution in [0, 0.1) is 0 Å². The van der Waals surface area contributed by atoms with Crippen molar-refractivity contribution in [1.82, 2.24) is 9.78 Å². The second-order valence-corrected chi connectivity index (χ2v) is 5.75.